The van der Waals surface area contributed by atoms with Gasteiger partial charge >= 0.3 is 0 Å². The second kappa shape index (κ2) is 8.42. The molecule has 0 fully saturated rings. The number of benzene rings is 2. The Morgan fingerprint density at radius 2 is 1.71 bits per heavy atom. The van der Waals surface area contributed by atoms with Gasteiger partial charge in [-0.1, -0.05) is 55.8 Å². The van der Waals surface area contributed by atoms with Crippen LogP contribution in [-0.2, 0) is 9.84 Å². The Bertz CT molecular complexity index is 744. The van der Waals surface area contributed by atoms with E-state index in [9.17, 15) is 13.5 Å². The predicted octanol–water partition coefficient (Wildman–Crippen LogP) is 2.93. The van der Waals surface area contributed by atoms with E-state index < -0.39 is 15.9 Å². The molecule has 0 aromatic heterocycles. The summed E-state index contributed by atoms with van der Waals surface area (Å²) in [6, 6.07) is 16.6. The Balaban J connectivity index is 2.32. The smallest absolute Gasteiger partial charge is 0.175 e. The maximum absolute atomic E-state index is 11.8. The summed E-state index contributed by atoms with van der Waals surface area (Å²) in [6.45, 7) is 2.49. The number of aliphatic hydroxyl groups is 1. The second-order valence-corrected chi connectivity index (χ2v) is 8.05. The molecule has 0 radical (unpaired) electrons. The lowest BCUT2D eigenvalue weighted by Crippen LogP contribution is -2.31. The molecule has 0 bridgehead atoms. The summed E-state index contributed by atoms with van der Waals surface area (Å²) in [5.74, 6) is 0. The fourth-order valence-corrected chi connectivity index (χ4v) is 3.36. The molecule has 0 spiro atoms. The first-order valence-corrected chi connectivity index (χ1v) is 10.1. The average Bonchev–Trinajstić information content (AvgIpc) is 2.56. The molecule has 0 amide bonds. The van der Waals surface area contributed by atoms with E-state index in [0.29, 0.717) is 11.4 Å². The van der Waals surface area contributed by atoms with Crippen LogP contribution in [0.25, 0.3) is 0 Å². The predicted molar refractivity (Wildman–Crippen MR) is 96.8 cm³/mol. The Morgan fingerprint density at radius 3 is 2.33 bits per heavy atom. The highest BCUT2D eigenvalue weighted by atomic mass is 32.2. The summed E-state index contributed by atoms with van der Waals surface area (Å²) in [4.78, 5) is 0.303. The van der Waals surface area contributed by atoms with E-state index in [0.717, 1.165) is 24.0 Å². The molecule has 2 rings (SSSR count). The number of nitrogens with one attached hydrogen (secondary N) is 1. The van der Waals surface area contributed by atoms with Gasteiger partial charge in [-0.15, -0.1) is 0 Å². The molecule has 0 aliphatic rings. The molecule has 5 heteroatoms. The summed E-state index contributed by atoms with van der Waals surface area (Å²) >= 11 is 0. The first kappa shape index (κ1) is 18.6. The third-order valence-electron chi connectivity index (χ3n) is 3.93. The first-order chi connectivity index (χ1) is 11.4. The number of rotatable bonds is 8. The SMILES string of the molecule is CCCC(O)CNC(c1ccccc1)c1cccc(S(C)(=O)=O)c1. The molecule has 2 atom stereocenters. The standard InChI is InChI=1S/C19H25NO3S/c1-3-8-17(21)14-20-19(15-9-5-4-6-10-15)16-11-7-12-18(13-16)24(2,22)23/h4-7,9-13,17,19-21H,3,8,14H2,1-2H3. The molecule has 2 aromatic rings. The number of sulfone groups is 1. The average molecular weight is 347 g/mol. The fourth-order valence-electron chi connectivity index (χ4n) is 2.69. The number of aliphatic hydroxyl groups excluding tert-OH is 1. The molecule has 4 nitrogen and oxygen atoms in total. The van der Waals surface area contributed by atoms with E-state index in [1.807, 2.05) is 43.3 Å². The minimum atomic E-state index is -3.26. The van der Waals surface area contributed by atoms with Gasteiger partial charge in [0.2, 0.25) is 0 Å². The molecular formula is C19H25NO3S. The van der Waals surface area contributed by atoms with Crippen LogP contribution in [-0.4, -0.2) is 32.4 Å². The van der Waals surface area contributed by atoms with Crippen LogP contribution in [0.15, 0.2) is 59.5 Å². The molecule has 130 valence electrons. The van der Waals surface area contributed by atoms with Crippen LogP contribution in [0.2, 0.25) is 0 Å². The zero-order chi connectivity index (χ0) is 17.6. The van der Waals surface area contributed by atoms with Crippen molar-refractivity contribution in [1.29, 1.82) is 0 Å². The van der Waals surface area contributed by atoms with Crippen molar-refractivity contribution in [3.05, 3.63) is 65.7 Å². The van der Waals surface area contributed by atoms with E-state index in [1.54, 1.807) is 18.2 Å². The normalized spacial score (nSPS) is 14.3. The molecular weight excluding hydrogens is 322 g/mol. The number of hydrogen-bond donors (Lipinski definition) is 2. The highest BCUT2D eigenvalue weighted by Crippen LogP contribution is 2.24. The maximum Gasteiger partial charge on any atom is 0.175 e. The molecule has 0 saturated carbocycles. The highest BCUT2D eigenvalue weighted by molar-refractivity contribution is 7.90. The molecule has 24 heavy (non-hydrogen) atoms. The first-order valence-electron chi connectivity index (χ1n) is 8.18. The second-order valence-electron chi connectivity index (χ2n) is 6.04. The summed E-state index contributed by atoms with van der Waals surface area (Å²) < 4.78 is 23.7. The third kappa shape index (κ3) is 5.16. The van der Waals surface area contributed by atoms with Crippen molar-refractivity contribution >= 4 is 9.84 Å². The van der Waals surface area contributed by atoms with Gasteiger partial charge in [-0.3, -0.25) is 0 Å². The van der Waals surface area contributed by atoms with Crippen molar-refractivity contribution in [3.63, 3.8) is 0 Å². The van der Waals surface area contributed by atoms with Crippen LogP contribution in [0.3, 0.4) is 0 Å². The molecule has 0 heterocycles. The van der Waals surface area contributed by atoms with Crippen LogP contribution in [0.1, 0.15) is 36.9 Å². The summed E-state index contributed by atoms with van der Waals surface area (Å²) in [5.41, 5.74) is 1.90. The van der Waals surface area contributed by atoms with Crippen LogP contribution < -0.4 is 5.32 Å². The molecule has 0 aliphatic heterocycles. The monoisotopic (exact) mass is 347 g/mol. The lowest BCUT2D eigenvalue weighted by atomic mass is 9.98. The van der Waals surface area contributed by atoms with Gasteiger partial charge in [0.25, 0.3) is 0 Å². The topological polar surface area (TPSA) is 66.4 Å². The van der Waals surface area contributed by atoms with E-state index in [2.05, 4.69) is 5.32 Å². The zero-order valence-electron chi connectivity index (χ0n) is 14.1. The van der Waals surface area contributed by atoms with E-state index >= 15 is 0 Å². The van der Waals surface area contributed by atoms with Crippen molar-refractivity contribution in [1.82, 2.24) is 5.32 Å². The molecule has 0 aliphatic carbocycles. The van der Waals surface area contributed by atoms with E-state index in [4.69, 9.17) is 0 Å². The summed E-state index contributed by atoms with van der Waals surface area (Å²) in [5, 5.41) is 13.4. The maximum atomic E-state index is 11.8. The van der Waals surface area contributed by atoms with Gasteiger partial charge in [0, 0.05) is 12.8 Å². The van der Waals surface area contributed by atoms with Crippen molar-refractivity contribution in [2.24, 2.45) is 0 Å². The van der Waals surface area contributed by atoms with Crippen LogP contribution in [0.4, 0.5) is 0 Å². The fraction of sp³-hybridized carbons (Fsp3) is 0.368. The van der Waals surface area contributed by atoms with Crippen molar-refractivity contribution < 1.29 is 13.5 Å². The highest BCUT2D eigenvalue weighted by Gasteiger charge is 2.17. The molecule has 2 aromatic carbocycles. The lowest BCUT2D eigenvalue weighted by molar-refractivity contribution is 0.158. The Morgan fingerprint density at radius 1 is 1.04 bits per heavy atom. The quantitative estimate of drug-likeness (QED) is 0.770. The van der Waals surface area contributed by atoms with Gasteiger partial charge in [-0.05, 0) is 29.7 Å². The van der Waals surface area contributed by atoms with Crippen LogP contribution >= 0.6 is 0 Å². The van der Waals surface area contributed by atoms with Gasteiger partial charge < -0.3 is 10.4 Å². The minimum Gasteiger partial charge on any atom is -0.392 e. The largest absolute Gasteiger partial charge is 0.392 e. The number of hydrogen-bond acceptors (Lipinski definition) is 4. The zero-order valence-corrected chi connectivity index (χ0v) is 15.0. The third-order valence-corrected chi connectivity index (χ3v) is 5.04. The molecule has 2 N–H and O–H groups in total. The van der Waals surface area contributed by atoms with Gasteiger partial charge in [-0.2, -0.15) is 0 Å². The van der Waals surface area contributed by atoms with Crippen molar-refractivity contribution in [2.75, 3.05) is 12.8 Å². The van der Waals surface area contributed by atoms with Gasteiger partial charge in [0.05, 0.1) is 17.0 Å². The Labute approximate surface area is 144 Å². The van der Waals surface area contributed by atoms with Gasteiger partial charge in [0.1, 0.15) is 0 Å². The molecule has 0 saturated heterocycles. The van der Waals surface area contributed by atoms with E-state index in [1.165, 1.54) is 6.26 Å². The van der Waals surface area contributed by atoms with Gasteiger partial charge in [-0.25, -0.2) is 8.42 Å². The van der Waals surface area contributed by atoms with Crippen molar-refractivity contribution in [3.8, 4) is 0 Å². The minimum absolute atomic E-state index is 0.167. The van der Waals surface area contributed by atoms with Gasteiger partial charge in [0.15, 0.2) is 9.84 Å². The lowest BCUT2D eigenvalue weighted by Gasteiger charge is -2.22. The Kier molecular flexibility index (Phi) is 6.54. The van der Waals surface area contributed by atoms with Crippen LogP contribution in [0, 0.1) is 0 Å². The summed E-state index contributed by atoms with van der Waals surface area (Å²) in [7, 11) is -3.26. The van der Waals surface area contributed by atoms with E-state index in [-0.39, 0.29) is 6.04 Å². The van der Waals surface area contributed by atoms with Crippen molar-refractivity contribution in [2.45, 2.75) is 36.8 Å². The molecule has 2 unspecified atom stereocenters. The summed E-state index contributed by atoms with van der Waals surface area (Å²) in [6.07, 6.45) is 2.45. The Hall–Kier alpha value is -1.69. The van der Waals surface area contributed by atoms with Crippen LogP contribution in [0.5, 0.6) is 0 Å².